The quantitative estimate of drug-likeness (QED) is 0.611. The van der Waals surface area contributed by atoms with Crippen LogP contribution in [0.4, 0.5) is 0 Å². The van der Waals surface area contributed by atoms with Gasteiger partial charge in [-0.05, 0) is 74.4 Å². The fourth-order valence-electron chi connectivity index (χ4n) is 4.29. The van der Waals surface area contributed by atoms with Crippen molar-refractivity contribution in [2.24, 2.45) is 0 Å². The average molecular weight is 437 g/mol. The van der Waals surface area contributed by atoms with Crippen LogP contribution in [0.15, 0.2) is 42.5 Å². The molecule has 1 aliphatic rings. The topological polar surface area (TPSA) is 58.6 Å². The molecule has 1 N–H and O–H groups in total. The first kappa shape index (κ1) is 23.8. The molecule has 172 valence electrons. The Morgan fingerprint density at radius 3 is 2.41 bits per heavy atom. The number of nitrogens with zero attached hydrogens (tertiary/aromatic N) is 1. The van der Waals surface area contributed by atoms with Gasteiger partial charge in [0.2, 0.25) is 5.91 Å². The van der Waals surface area contributed by atoms with E-state index < -0.39 is 6.04 Å². The van der Waals surface area contributed by atoms with Crippen molar-refractivity contribution in [1.29, 1.82) is 0 Å². The van der Waals surface area contributed by atoms with Crippen molar-refractivity contribution < 1.29 is 14.3 Å². The highest BCUT2D eigenvalue weighted by molar-refractivity contribution is 5.88. The zero-order valence-electron chi connectivity index (χ0n) is 19.8. The lowest BCUT2D eigenvalue weighted by atomic mass is 10.1. The molecule has 0 saturated heterocycles. The number of carbonyl (C=O) groups is 2. The first-order chi connectivity index (χ1) is 15.4. The molecule has 0 bridgehead atoms. The van der Waals surface area contributed by atoms with Crippen LogP contribution in [0, 0.1) is 20.8 Å². The standard InChI is InChI=1S/C27H36N2O3/c1-5-25(27(31)28-23-12-8-9-13-23)29(17-22-11-7-6-10-20(22)3)26(30)18-32-24-15-14-19(2)21(4)16-24/h6-7,10-11,14-16,23,25H,5,8-9,12-13,17-18H2,1-4H3,(H,28,31)/t25-/m0/s1. The molecule has 3 rings (SSSR count). The van der Waals surface area contributed by atoms with Gasteiger partial charge in [0.15, 0.2) is 6.61 Å². The van der Waals surface area contributed by atoms with Crippen molar-refractivity contribution in [2.75, 3.05) is 6.61 Å². The van der Waals surface area contributed by atoms with Gasteiger partial charge in [0.05, 0.1) is 0 Å². The summed E-state index contributed by atoms with van der Waals surface area (Å²) < 4.78 is 5.84. The van der Waals surface area contributed by atoms with E-state index in [1.165, 1.54) is 5.56 Å². The molecular weight excluding hydrogens is 400 g/mol. The Morgan fingerprint density at radius 2 is 1.75 bits per heavy atom. The Labute approximate surface area is 192 Å². The second-order valence-corrected chi connectivity index (χ2v) is 8.90. The van der Waals surface area contributed by atoms with Gasteiger partial charge in [0.25, 0.3) is 5.91 Å². The van der Waals surface area contributed by atoms with Crippen molar-refractivity contribution in [3.05, 3.63) is 64.7 Å². The molecule has 5 nitrogen and oxygen atoms in total. The van der Waals surface area contributed by atoms with Crippen LogP contribution in [0.3, 0.4) is 0 Å². The number of rotatable bonds is 9. The monoisotopic (exact) mass is 436 g/mol. The summed E-state index contributed by atoms with van der Waals surface area (Å²) in [6, 6.07) is 13.5. The molecule has 0 unspecified atom stereocenters. The Hall–Kier alpha value is -2.82. The fraction of sp³-hybridized carbons (Fsp3) is 0.481. The van der Waals surface area contributed by atoms with E-state index in [1.54, 1.807) is 4.90 Å². The summed E-state index contributed by atoms with van der Waals surface area (Å²) in [7, 11) is 0. The van der Waals surface area contributed by atoms with Crippen molar-refractivity contribution in [3.63, 3.8) is 0 Å². The summed E-state index contributed by atoms with van der Waals surface area (Å²) in [4.78, 5) is 28.2. The molecule has 0 heterocycles. The number of ether oxygens (including phenoxy) is 1. The number of benzene rings is 2. The van der Waals surface area contributed by atoms with E-state index in [0.717, 1.165) is 42.4 Å². The van der Waals surface area contributed by atoms with E-state index in [-0.39, 0.29) is 24.5 Å². The van der Waals surface area contributed by atoms with Gasteiger partial charge in [0, 0.05) is 12.6 Å². The second kappa shape index (κ2) is 11.2. The van der Waals surface area contributed by atoms with Crippen LogP contribution in [0.2, 0.25) is 0 Å². The van der Waals surface area contributed by atoms with Gasteiger partial charge in [0.1, 0.15) is 11.8 Å². The Morgan fingerprint density at radius 1 is 1.03 bits per heavy atom. The van der Waals surface area contributed by atoms with Gasteiger partial charge in [-0.2, -0.15) is 0 Å². The number of carbonyl (C=O) groups excluding carboxylic acids is 2. The normalized spacial score (nSPS) is 14.8. The molecule has 1 fully saturated rings. The molecule has 2 aromatic rings. The smallest absolute Gasteiger partial charge is 0.261 e. The van der Waals surface area contributed by atoms with E-state index in [2.05, 4.69) is 5.32 Å². The fourth-order valence-corrected chi connectivity index (χ4v) is 4.29. The molecule has 1 aliphatic carbocycles. The highest BCUT2D eigenvalue weighted by Gasteiger charge is 2.31. The maximum atomic E-state index is 13.3. The van der Waals surface area contributed by atoms with Gasteiger partial charge < -0.3 is 15.0 Å². The minimum absolute atomic E-state index is 0.0625. The Bertz CT molecular complexity index is 934. The summed E-state index contributed by atoms with van der Waals surface area (Å²) in [5.74, 6) is 0.424. The van der Waals surface area contributed by atoms with Gasteiger partial charge in [-0.25, -0.2) is 0 Å². The van der Waals surface area contributed by atoms with E-state index in [0.29, 0.717) is 18.7 Å². The molecule has 0 aromatic heterocycles. The van der Waals surface area contributed by atoms with Crippen LogP contribution in [-0.2, 0) is 16.1 Å². The minimum Gasteiger partial charge on any atom is -0.484 e. The number of amides is 2. The molecule has 0 aliphatic heterocycles. The van der Waals surface area contributed by atoms with Crippen LogP contribution < -0.4 is 10.1 Å². The molecule has 1 atom stereocenters. The van der Waals surface area contributed by atoms with Crippen LogP contribution in [0.25, 0.3) is 0 Å². The SMILES string of the molecule is CC[C@@H](C(=O)NC1CCCC1)N(Cc1ccccc1C)C(=O)COc1ccc(C)c(C)c1. The molecule has 2 amide bonds. The van der Waals surface area contributed by atoms with Crippen molar-refractivity contribution in [1.82, 2.24) is 10.2 Å². The summed E-state index contributed by atoms with van der Waals surface area (Å²) >= 11 is 0. The lowest BCUT2D eigenvalue weighted by Gasteiger charge is -2.32. The van der Waals surface area contributed by atoms with Gasteiger partial charge in [-0.15, -0.1) is 0 Å². The highest BCUT2D eigenvalue weighted by atomic mass is 16.5. The molecule has 1 saturated carbocycles. The zero-order chi connectivity index (χ0) is 23.1. The van der Waals surface area contributed by atoms with E-state index in [4.69, 9.17) is 4.74 Å². The Kier molecular flexibility index (Phi) is 8.32. The van der Waals surface area contributed by atoms with Gasteiger partial charge in [-0.1, -0.05) is 50.1 Å². The summed E-state index contributed by atoms with van der Waals surface area (Å²) in [5.41, 5.74) is 4.44. The third kappa shape index (κ3) is 6.12. The largest absolute Gasteiger partial charge is 0.484 e. The van der Waals surface area contributed by atoms with Crippen molar-refractivity contribution in [3.8, 4) is 5.75 Å². The molecule has 0 radical (unpaired) electrons. The molecule has 0 spiro atoms. The van der Waals surface area contributed by atoms with Gasteiger partial charge in [-0.3, -0.25) is 9.59 Å². The van der Waals surface area contributed by atoms with E-state index in [9.17, 15) is 9.59 Å². The second-order valence-electron chi connectivity index (χ2n) is 8.90. The summed E-state index contributed by atoms with van der Waals surface area (Å²) in [5, 5.41) is 3.18. The number of nitrogens with one attached hydrogen (secondary N) is 1. The van der Waals surface area contributed by atoms with Crippen molar-refractivity contribution in [2.45, 2.75) is 78.4 Å². The van der Waals surface area contributed by atoms with Crippen LogP contribution in [-0.4, -0.2) is 35.4 Å². The minimum atomic E-state index is -0.522. The summed E-state index contributed by atoms with van der Waals surface area (Å²) in [6.07, 6.45) is 4.89. The third-order valence-corrected chi connectivity index (χ3v) is 6.53. The van der Waals surface area contributed by atoms with Crippen LogP contribution in [0.1, 0.15) is 61.3 Å². The number of hydrogen-bond acceptors (Lipinski definition) is 3. The average Bonchev–Trinajstić information content (AvgIpc) is 3.28. The molecule has 2 aromatic carbocycles. The predicted molar refractivity (Wildman–Crippen MR) is 128 cm³/mol. The van der Waals surface area contributed by atoms with Crippen LogP contribution >= 0.6 is 0 Å². The van der Waals surface area contributed by atoms with E-state index >= 15 is 0 Å². The molecule has 32 heavy (non-hydrogen) atoms. The first-order valence-electron chi connectivity index (χ1n) is 11.7. The number of hydrogen-bond donors (Lipinski definition) is 1. The van der Waals surface area contributed by atoms with Crippen LogP contribution in [0.5, 0.6) is 5.75 Å². The molecule has 5 heteroatoms. The van der Waals surface area contributed by atoms with Crippen molar-refractivity contribution >= 4 is 11.8 Å². The maximum Gasteiger partial charge on any atom is 0.261 e. The lowest BCUT2D eigenvalue weighted by Crippen LogP contribution is -2.52. The first-order valence-corrected chi connectivity index (χ1v) is 11.7. The highest BCUT2D eigenvalue weighted by Crippen LogP contribution is 2.21. The lowest BCUT2D eigenvalue weighted by molar-refractivity contribution is -0.143. The van der Waals surface area contributed by atoms with E-state index in [1.807, 2.05) is 70.2 Å². The third-order valence-electron chi connectivity index (χ3n) is 6.53. The predicted octanol–water partition coefficient (Wildman–Crippen LogP) is 4.86. The number of aryl methyl sites for hydroxylation is 3. The van der Waals surface area contributed by atoms with Gasteiger partial charge >= 0.3 is 0 Å². The zero-order valence-corrected chi connectivity index (χ0v) is 19.8. The summed E-state index contributed by atoms with van der Waals surface area (Å²) in [6.45, 7) is 8.35. The molecular formula is C27H36N2O3. The maximum absolute atomic E-state index is 13.3. The Balaban J connectivity index is 1.77.